The minimum atomic E-state index is -0.537. The third-order valence-electron chi connectivity index (χ3n) is 5.29. The molecule has 0 aliphatic rings. The molecule has 0 saturated carbocycles. The summed E-state index contributed by atoms with van der Waals surface area (Å²) in [6.07, 6.45) is 10.5. The van der Waals surface area contributed by atoms with Gasteiger partial charge in [0.25, 0.3) is 5.69 Å². The highest BCUT2D eigenvalue weighted by Crippen LogP contribution is 2.25. The van der Waals surface area contributed by atoms with E-state index in [9.17, 15) is 14.9 Å². The number of nitrogens with zero attached hydrogens (tertiary/aromatic N) is 4. The summed E-state index contributed by atoms with van der Waals surface area (Å²) in [5.74, 6) is 4.95. The number of nitro groups is 1. The lowest BCUT2D eigenvalue weighted by atomic mass is 10.2. The van der Waals surface area contributed by atoms with Crippen LogP contribution in [0.1, 0.15) is 17.3 Å². The summed E-state index contributed by atoms with van der Waals surface area (Å²) < 4.78 is 16.3. The highest BCUT2D eigenvalue weighted by atomic mass is 16.6. The van der Waals surface area contributed by atoms with Crippen molar-refractivity contribution in [3.8, 4) is 36.2 Å². The number of esters is 1. The van der Waals surface area contributed by atoms with Gasteiger partial charge in [0.2, 0.25) is 0 Å². The molecule has 0 saturated heterocycles. The summed E-state index contributed by atoms with van der Waals surface area (Å²) in [4.78, 5) is 25.0. The van der Waals surface area contributed by atoms with E-state index >= 15 is 0 Å². The van der Waals surface area contributed by atoms with Crippen LogP contribution in [0.4, 0.5) is 22.7 Å². The van der Waals surface area contributed by atoms with Gasteiger partial charge in [0.1, 0.15) is 31.3 Å². The van der Waals surface area contributed by atoms with Gasteiger partial charge in [0.05, 0.1) is 28.4 Å². The number of carbonyl (C=O) groups excluding carboxylic acids is 1. The van der Waals surface area contributed by atoms with Crippen molar-refractivity contribution in [2.24, 2.45) is 10.2 Å². The van der Waals surface area contributed by atoms with Crippen LogP contribution in [0.5, 0.6) is 11.5 Å². The fourth-order valence-electron chi connectivity index (χ4n) is 3.39. The molecule has 0 fully saturated rings. The Morgan fingerprint density at radius 3 is 1.95 bits per heavy atom. The van der Waals surface area contributed by atoms with E-state index in [1.807, 2.05) is 24.0 Å². The fourth-order valence-corrected chi connectivity index (χ4v) is 3.39. The molecule has 3 aromatic rings. The van der Waals surface area contributed by atoms with Crippen molar-refractivity contribution in [3.63, 3.8) is 0 Å². The number of anilines is 1. The molecule has 10 nitrogen and oxygen atoms in total. The summed E-state index contributed by atoms with van der Waals surface area (Å²) in [7, 11) is 0. The lowest BCUT2D eigenvalue weighted by molar-refractivity contribution is -0.384. The van der Waals surface area contributed by atoms with E-state index in [-0.39, 0.29) is 31.1 Å². The molecule has 3 rings (SSSR count). The fraction of sp³-hybridized carbons (Fsp3) is 0.207. The maximum atomic E-state index is 12.7. The molecule has 0 bridgehead atoms. The van der Waals surface area contributed by atoms with Crippen LogP contribution in [-0.4, -0.2) is 43.8 Å². The van der Waals surface area contributed by atoms with Crippen molar-refractivity contribution in [3.05, 3.63) is 82.4 Å². The van der Waals surface area contributed by atoms with E-state index in [2.05, 4.69) is 22.1 Å². The highest BCUT2D eigenvalue weighted by molar-refractivity contribution is 5.90. The van der Waals surface area contributed by atoms with Gasteiger partial charge in [-0.1, -0.05) is 11.8 Å². The molecule has 0 radical (unpaired) electrons. The first kappa shape index (κ1) is 28.2. The Balaban J connectivity index is 1.58. The van der Waals surface area contributed by atoms with Gasteiger partial charge in [-0.15, -0.1) is 12.8 Å². The summed E-state index contributed by atoms with van der Waals surface area (Å²) in [6.45, 7) is 3.35. The van der Waals surface area contributed by atoms with Gasteiger partial charge in [-0.3, -0.25) is 10.1 Å². The molecule has 10 heteroatoms. The van der Waals surface area contributed by atoms with Gasteiger partial charge in [0.15, 0.2) is 0 Å². The number of carbonyl (C=O) groups is 1. The second kappa shape index (κ2) is 14.4. The molecule has 0 aromatic heterocycles. The SMILES string of the molecule is C#CCOc1cc(OCC#C)cc(C(=O)OCCN(CC)c2ccc(N=Nc3ccc([N+](=O)[O-])cc3)cc2)c1. The summed E-state index contributed by atoms with van der Waals surface area (Å²) in [5.41, 5.74) is 2.28. The number of ether oxygens (including phenoxy) is 3. The van der Waals surface area contributed by atoms with Crippen LogP contribution in [0.2, 0.25) is 0 Å². The van der Waals surface area contributed by atoms with Crippen molar-refractivity contribution in [2.75, 3.05) is 37.8 Å². The Morgan fingerprint density at radius 1 is 0.923 bits per heavy atom. The summed E-state index contributed by atoms with van der Waals surface area (Å²) in [6, 6.07) is 17.8. The molecule has 0 spiro atoms. The molecule has 198 valence electrons. The zero-order valence-electron chi connectivity index (χ0n) is 21.3. The number of nitro benzene ring substituents is 1. The van der Waals surface area contributed by atoms with Gasteiger partial charge in [-0.05, 0) is 55.5 Å². The number of azo groups is 1. The normalized spacial score (nSPS) is 10.3. The lowest BCUT2D eigenvalue weighted by Gasteiger charge is -2.23. The Morgan fingerprint density at radius 2 is 1.46 bits per heavy atom. The maximum absolute atomic E-state index is 12.7. The van der Waals surface area contributed by atoms with Crippen LogP contribution in [-0.2, 0) is 4.74 Å². The summed E-state index contributed by atoms with van der Waals surface area (Å²) in [5, 5.41) is 19.0. The van der Waals surface area contributed by atoms with Gasteiger partial charge in [0, 0.05) is 30.4 Å². The maximum Gasteiger partial charge on any atom is 0.338 e. The molecule has 0 aliphatic carbocycles. The number of likely N-dealkylation sites (N-methyl/N-ethyl adjacent to an activating group) is 1. The molecule has 0 aliphatic heterocycles. The van der Waals surface area contributed by atoms with Crippen LogP contribution in [0.25, 0.3) is 0 Å². The topological polar surface area (TPSA) is 116 Å². The third-order valence-corrected chi connectivity index (χ3v) is 5.29. The van der Waals surface area contributed by atoms with E-state index in [0.717, 1.165) is 5.69 Å². The van der Waals surface area contributed by atoms with Gasteiger partial charge >= 0.3 is 5.97 Å². The Labute approximate surface area is 226 Å². The average Bonchev–Trinajstić information content (AvgIpc) is 2.96. The minimum absolute atomic E-state index is 0.00920. The zero-order valence-corrected chi connectivity index (χ0v) is 21.3. The average molecular weight is 527 g/mol. The van der Waals surface area contributed by atoms with Gasteiger partial charge in [-0.2, -0.15) is 10.2 Å². The monoisotopic (exact) mass is 526 g/mol. The van der Waals surface area contributed by atoms with Crippen molar-refractivity contribution in [1.29, 1.82) is 0 Å². The predicted octanol–water partition coefficient (Wildman–Crippen LogP) is 5.72. The predicted molar refractivity (Wildman–Crippen MR) is 147 cm³/mol. The van der Waals surface area contributed by atoms with Crippen LogP contribution in [0.15, 0.2) is 77.0 Å². The third kappa shape index (κ3) is 8.62. The second-order valence-corrected chi connectivity index (χ2v) is 7.88. The van der Waals surface area contributed by atoms with Crippen LogP contribution in [0, 0.1) is 34.8 Å². The van der Waals surface area contributed by atoms with Crippen LogP contribution >= 0.6 is 0 Å². The van der Waals surface area contributed by atoms with E-state index in [1.165, 1.54) is 36.4 Å². The number of benzene rings is 3. The molecule has 0 N–H and O–H groups in total. The minimum Gasteiger partial charge on any atom is -0.481 e. The molecule has 0 heterocycles. The molecular formula is C29H26N4O6. The van der Waals surface area contributed by atoms with Gasteiger partial charge in [-0.25, -0.2) is 4.79 Å². The smallest absolute Gasteiger partial charge is 0.338 e. The van der Waals surface area contributed by atoms with Gasteiger partial charge < -0.3 is 19.1 Å². The number of rotatable bonds is 13. The number of hydrogen-bond donors (Lipinski definition) is 0. The molecule has 0 atom stereocenters. The van der Waals surface area contributed by atoms with Crippen LogP contribution in [0.3, 0.4) is 0 Å². The highest BCUT2D eigenvalue weighted by Gasteiger charge is 2.13. The zero-order chi connectivity index (χ0) is 28.0. The first-order valence-corrected chi connectivity index (χ1v) is 11.9. The summed E-state index contributed by atoms with van der Waals surface area (Å²) >= 11 is 0. The number of hydrogen-bond acceptors (Lipinski definition) is 9. The van der Waals surface area contributed by atoms with Crippen molar-refractivity contribution >= 4 is 28.7 Å². The van der Waals surface area contributed by atoms with E-state index < -0.39 is 10.9 Å². The first-order valence-electron chi connectivity index (χ1n) is 11.9. The Bertz CT molecular complexity index is 1350. The van der Waals surface area contributed by atoms with E-state index in [1.54, 1.807) is 18.2 Å². The second-order valence-electron chi connectivity index (χ2n) is 7.88. The Kier molecular flexibility index (Phi) is 10.4. The molecular weight excluding hydrogens is 500 g/mol. The lowest BCUT2D eigenvalue weighted by Crippen LogP contribution is -2.28. The quantitative estimate of drug-likeness (QED) is 0.0920. The molecule has 39 heavy (non-hydrogen) atoms. The van der Waals surface area contributed by atoms with Crippen LogP contribution < -0.4 is 14.4 Å². The van der Waals surface area contributed by atoms with Crippen molar-refractivity contribution in [2.45, 2.75) is 6.92 Å². The molecule has 3 aromatic carbocycles. The molecule has 0 unspecified atom stereocenters. The Hall–Kier alpha value is -5.35. The first-order chi connectivity index (χ1) is 18.9. The number of terminal acetylenes is 2. The number of non-ortho nitro benzene ring substituents is 1. The molecule has 0 amide bonds. The van der Waals surface area contributed by atoms with E-state index in [4.69, 9.17) is 27.1 Å². The largest absolute Gasteiger partial charge is 0.481 e. The van der Waals surface area contributed by atoms with E-state index in [0.29, 0.717) is 36.0 Å². The van der Waals surface area contributed by atoms with Crippen molar-refractivity contribution < 1.29 is 23.9 Å². The standard InChI is InChI=1S/C29H26N4O6/c1-4-16-37-27-19-22(20-28(21-27)38-17-5-2)29(34)39-18-15-32(6-3)25-11-7-23(8-12-25)30-31-24-9-13-26(14-10-24)33(35)36/h1-2,7-14,19-21H,6,15-18H2,3H3. The van der Waals surface area contributed by atoms with Crippen molar-refractivity contribution in [1.82, 2.24) is 0 Å².